The number of hydrogen-bond acceptors (Lipinski definition) is 3. The van der Waals surface area contributed by atoms with Crippen LogP contribution in [-0.4, -0.2) is 34.1 Å². The zero-order valence-corrected chi connectivity index (χ0v) is 8.35. The lowest BCUT2D eigenvalue weighted by Gasteiger charge is -2.21. The Hall–Kier alpha value is -0.120. The molecule has 5 atom stereocenters. The smallest absolute Gasteiger partial charge is 0.0572 e. The quantitative estimate of drug-likeness (QED) is 0.600. The average molecular weight is 188 g/mol. The van der Waals surface area contributed by atoms with E-state index in [1.54, 1.807) is 6.92 Å². The van der Waals surface area contributed by atoms with Crippen LogP contribution in [0.25, 0.3) is 0 Å². The van der Waals surface area contributed by atoms with Crippen molar-refractivity contribution in [2.24, 2.45) is 17.8 Å². The first-order valence-corrected chi connectivity index (χ1v) is 5.03. The highest BCUT2D eigenvalue weighted by Crippen LogP contribution is 2.39. The first kappa shape index (κ1) is 11.0. The minimum absolute atomic E-state index is 0.121. The maximum Gasteiger partial charge on any atom is 0.0572 e. The molecule has 0 heterocycles. The van der Waals surface area contributed by atoms with Gasteiger partial charge < -0.3 is 15.3 Å². The molecular formula is C10H20O3. The summed E-state index contributed by atoms with van der Waals surface area (Å²) in [6.07, 6.45) is 0.765. The highest BCUT2D eigenvalue weighted by molar-refractivity contribution is 4.88. The fraction of sp³-hybridized carbons (Fsp3) is 1.00. The summed E-state index contributed by atoms with van der Waals surface area (Å²) in [6, 6.07) is 0. The standard InChI is InChI=1S/C10H20O3/c1-6(12)3-8-4-10(13)7(2)9(8)5-11/h6-13H,3-5H2,1-2H3. The van der Waals surface area contributed by atoms with Crippen molar-refractivity contribution < 1.29 is 15.3 Å². The van der Waals surface area contributed by atoms with Gasteiger partial charge in [0, 0.05) is 6.61 Å². The number of rotatable bonds is 3. The van der Waals surface area contributed by atoms with Crippen molar-refractivity contribution in [1.29, 1.82) is 0 Å². The number of hydrogen-bond donors (Lipinski definition) is 3. The van der Waals surface area contributed by atoms with Gasteiger partial charge >= 0.3 is 0 Å². The van der Waals surface area contributed by atoms with E-state index in [4.69, 9.17) is 5.11 Å². The highest BCUT2D eigenvalue weighted by Gasteiger charge is 2.39. The Balaban J connectivity index is 2.54. The second-order valence-corrected chi connectivity index (χ2v) is 4.35. The first-order valence-electron chi connectivity index (χ1n) is 5.03. The van der Waals surface area contributed by atoms with Crippen LogP contribution in [0, 0.1) is 17.8 Å². The van der Waals surface area contributed by atoms with E-state index >= 15 is 0 Å². The van der Waals surface area contributed by atoms with Gasteiger partial charge in [-0.25, -0.2) is 0 Å². The summed E-state index contributed by atoms with van der Waals surface area (Å²) < 4.78 is 0. The molecule has 0 aliphatic heterocycles. The lowest BCUT2D eigenvalue weighted by atomic mass is 9.87. The summed E-state index contributed by atoms with van der Waals surface area (Å²) in [5.74, 6) is 0.591. The van der Waals surface area contributed by atoms with Gasteiger partial charge in [0.2, 0.25) is 0 Å². The van der Waals surface area contributed by atoms with E-state index in [0.29, 0.717) is 6.42 Å². The van der Waals surface area contributed by atoms with Gasteiger partial charge in [0.05, 0.1) is 12.2 Å². The Morgan fingerprint density at radius 2 is 2.08 bits per heavy atom. The van der Waals surface area contributed by atoms with Crippen LogP contribution in [0.4, 0.5) is 0 Å². The molecular weight excluding hydrogens is 168 g/mol. The van der Waals surface area contributed by atoms with E-state index in [1.807, 2.05) is 6.92 Å². The predicted molar refractivity (Wildman–Crippen MR) is 50.2 cm³/mol. The van der Waals surface area contributed by atoms with Gasteiger partial charge in [0.25, 0.3) is 0 Å². The molecule has 0 radical (unpaired) electrons. The highest BCUT2D eigenvalue weighted by atomic mass is 16.3. The van der Waals surface area contributed by atoms with Crippen LogP contribution in [0.1, 0.15) is 26.7 Å². The molecule has 0 saturated heterocycles. The third-order valence-corrected chi connectivity index (χ3v) is 3.29. The molecule has 13 heavy (non-hydrogen) atoms. The van der Waals surface area contributed by atoms with Crippen molar-refractivity contribution in [1.82, 2.24) is 0 Å². The van der Waals surface area contributed by atoms with Crippen molar-refractivity contribution in [3.8, 4) is 0 Å². The third-order valence-electron chi connectivity index (χ3n) is 3.29. The molecule has 3 heteroatoms. The van der Waals surface area contributed by atoms with Gasteiger partial charge in [-0.3, -0.25) is 0 Å². The van der Waals surface area contributed by atoms with Gasteiger partial charge in [-0.2, -0.15) is 0 Å². The molecule has 1 saturated carbocycles. The average Bonchev–Trinajstić information content (AvgIpc) is 2.27. The monoisotopic (exact) mass is 188 g/mol. The molecule has 1 rings (SSSR count). The zero-order valence-electron chi connectivity index (χ0n) is 8.35. The zero-order chi connectivity index (χ0) is 10.0. The fourth-order valence-electron chi connectivity index (χ4n) is 2.44. The Kier molecular flexibility index (Phi) is 3.71. The molecule has 0 aromatic heterocycles. The molecule has 3 nitrogen and oxygen atoms in total. The molecule has 3 N–H and O–H groups in total. The molecule has 1 aliphatic carbocycles. The van der Waals surface area contributed by atoms with Gasteiger partial charge in [0.15, 0.2) is 0 Å². The molecule has 0 spiro atoms. The van der Waals surface area contributed by atoms with Gasteiger partial charge in [-0.15, -0.1) is 0 Å². The second-order valence-electron chi connectivity index (χ2n) is 4.35. The summed E-state index contributed by atoms with van der Waals surface area (Å²) in [6.45, 7) is 3.84. The summed E-state index contributed by atoms with van der Waals surface area (Å²) in [5, 5.41) is 28.0. The van der Waals surface area contributed by atoms with Crippen LogP contribution in [0.5, 0.6) is 0 Å². The van der Waals surface area contributed by atoms with E-state index in [2.05, 4.69) is 0 Å². The maximum atomic E-state index is 9.59. The molecule has 0 bridgehead atoms. The van der Waals surface area contributed by atoms with Crippen LogP contribution in [-0.2, 0) is 0 Å². The molecule has 1 aliphatic rings. The Labute approximate surface area is 79.4 Å². The summed E-state index contributed by atoms with van der Waals surface area (Å²) in [4.78, 5) is 0. The molecule has 0 aromatic rings. The fourth-order valence-corrected chi connectivity index (χ4v) is 2.44. The molecule has 78 valence electrons. The van der Waals surface area contributed by atoms with Crippen molar-refractivity contribution in [3.05, 3.63) is 0 Å². The molecule has 0 amide bonds. The van der Waals surface area contributed by atoms with Crippen LogP contribution in [0.3, 0.4) is 0 Å². The van der Waals surface area contributed by atoms with Crippen molar-refractivity contribution in [2.45, 2.75) is 38.9 Å². The number of aliphatic hydroxyl groups excluding tert-OH is 3. The van der Waals surface area contributed by atoms with E-state index in [-0.39, 0.29) is 36.6 Å². The Morgan fingerprint density at radius 1 is 1.46 bits per heavy atom. The van der Waals surface area contributed by atoms with Crippen LogP contribution < -0.4 is 0 Å². The Bertz CT molecular complexity index is 156. The normalized spacial score (nSPS) is 42.2. The second kappa shape index (κ2) is 4.40. The molecule has 0 aromatic carbocycles. The Morgan fingerprint density at radius 3 is 2.54 bits per heavy atom. The first-order chi connectivity index (χ1) is 6.06. The van der Waals surface area contributed by atoms with E-state index in [0.717, 1.165) is 6.42 Å². The largest absolute Gasteiger partial charge is 0.396 e. The van der Waals surface area contributed by atoms with Gasteiger partial charge in [-0.1, -0.05) is 6.92 Å². The van der Waals surface area contributed by atoms with Crippen molar-refractivity contribution in [3.63, 3.8) is 0 Å². The minimum atomic E-state index is -0.337. The molecule has 1 fully saturated rings. The lowest BCUT2D eigenvalue weighted by molar-refractivity contribution is 0.0979. The topological polar surface area (TPSA) is 60.7 Å². The minimum Gasteiger partial charge on any atom is -0.396 e. The van der Waals surface area contributed by atoms with Gasteiger partial charge in [0.1, 0.15) is 0 Å². The van der Waals surface area contributed by atoms with Crippen LogP contribution in [0.15, 0.2) is 0 Å². The van der Waals surface area contributed by atoms with E-state index in [1.165, 1.54) is 0 Å². The van der Waals surface area contributed by atoms with Crippen molar-refractivity contribution in [2.75, 3.05) is 6.61 Å². The van der Waals surface area contributed by atoms with Crippen LogP contribution >= 0.6 is 0 Å². The number of aliphatic hydroxyl groups is 3. The van der Waals surface area contributed by atoms with Gasteiger partial charge in [-0.05, 0) is 37.5 Å². The van der Waals surface area contributed by atoms with Crippen molar-refractivity contribution >= 4 is 0 Å². The molecule has 5 unspecified atom stereocenters. The summed E-state index contributed by atoms with van der Waals surface area (Å²) in [5.41, 5.74) is 0. The maximum absolute atomic E-state index is 9.59. The summed E-state index contributed by atoms with van der Waals surface area (Å²) in [7, 11) is 0. The van der Waals surface area contributed by atoms with E-state index in [9.17, 15) is 10.2 Å². The third kappa shape index (κ3) is 2.42. The predicted octanol–water partition coefficient (Wildman–Crippen LogP) is 0.383. The summed E-state index contributed by atoms with van der Waals surface area (Å²) >= 11 is 0. The lowest BCUT2D eigenvalue weighted by Crippen LogP contribution is -2.22. The van der Waals surface area contributed by atoms with E-state index < -0.39 is 0 Å². The van der Waals surface area contributed by atoms with Crippen LogP contribution in [0.2, 0.25) is 0 Å². The SMILES string of the molecule is CC(O)CC1CC(O)C(C)C1CO.